The number of aromatic hydroxyl groups is 3. The number of aliphatic carboxylic acids is 1. The number of ether oxygens (including phenoxy) is 1. The smallest absolute Gasteiger partial charge is 0.416 e. The molecule has 137 heavy (non-hydrogen) atoms. The number of amides is 2. The van der Waals surface area contributed by atoms with Crippen LogP contribution in [0.4, 0.5) is 46.4 Å². The molecule has 14 rings (SSSR count). The number of nitrogens with zero attached hydrogens (tertiary/aromatic N) is 3. The highest BCUT2D eigenvalue weighted by atomic mass is 79.9. The van der Waals surface area contributed by atoms with E-state index in [2.05, 4.69) is 146 Å². The molecular formula is C107H124BrCl3F3N7O15S. The number of aromatic carboxylic acids is 1. The van der Waals surface area contributed by atoms with E-state index in [1.807, 2.05) is 164 Å². The molecule has 0 unspecified atom stereocenters. The number of phenolic OH excluding ortho intramolecular Hbond substituents is 3. The van der Waals surface area contributed by atoms with Gasteiger partial charge in [0.25, 0.3) is 11.4 Å². The molecule has 2 amide bonds. The van der Waals surface area contributed by atoms with Gasteiger partial charge in [0.05, 0.1) is 37.3 Å². The van der Waals surface area contributed by atoms with E-state index in [0.717, 1.165) is 116 Å². The number of hydrogen-bond donors (Lipinski definition) is 9. The van der Waals surface area contributed by atoms with Crippen molar-refractivity contribution in [1.82, 2.24) is 5.32 Å². The lowest BCUT2D eigenvalue weighted by atomic mass is 9.87. The first kappa shape index (κ1) is 120. The van der Waals surface area contributed by atoms with Crippen molar-refractivity contribution < 1.29 is 76.1 Å². The number of piperazine rings is 1. The molecule has 0 bridgehead atoms. The number of non-ortho nitro benzene ring substituents is 1. The van der Waals surface area contributed by atoms with Crippen molar-refractivity contribution in [2.75, 3.05) is 54.0 Å². The van der Waals surface area contributed by atoms with Crippen molar-refractivity contribution in [1.29, 1.82) is 0 Å². The number of alkyl halides is 3. The Hall–Kier alpha value is -13.3. The second-order valence-electron chi connectivity index (χ2n) is 32.6. The number of anilines is 3. The molecule has 0 saturated carbocycles. The van der Waals surface area contributed by atoms with Crippen LogP contribution in [0.15, 0.2) is 290 Å². The van der Waals surface area contributed by atoms with Crippen molar-refractivity contribution in [2.45, 2.75) is 136 Å². The summed E-state index contributed by atoms with van der Waals surface area (Å²) in [6, 6.07) is 84.0. The number of urea groups is 1. The Balaban J connectivity index is 0.000000504. The summed E-state index contributed by atoms with van der Waals surface area (Å²) in [7, 11) is -3.14. The van der Waals surface area contributed by atoms with Crippen LogP contribution in [-0.2, 0) is 26.4 Å². The van der Waals surface area contributed by atoms with Gasteiger partial charge in [0, 0.05) is 71.3 Å². The molecule has 0 atom stereocenters. The molecule has 0 aromatic heterocycles. The first-order valence-corrected chi connectivity index (χ1v) is 46.4. The van der Waals surface area contributed by atoms with Gasteiger partial charge in [-0.3, -0.25) is 25.0 Å². The standard InChI is InChI=1S/C11H15N3O2.C11H16.C9H10O3.C9H12.C8H7F3.C8H10N2O.C8H7NO4.C8H11NO2S.C7H7Br.C7H6Cl2.C7H7Cl.C7H8O2.C7H8O/c1-9-2-3-10(11(8-9)14(15)16)13-6-4-12-5-7-13;1-9-5-7-10(8-6-9)11(2,3)4;1-7-2-4-8(5-3-7)12-6-9(10)11;1-7-4-5-8(2)9(3)6-7;1-6-2-4-7(5-3-6)8(9,10)11;1-6-3-2-4-7(5-6)10-8(9)11;1-5-2-6(8(10)11)4-7(3-5)9(12)13;1-7-4-3-5-8(6-7)9-12(2,10)11;1-6-2-4-7(8)5-3-6;1-5-2-3-6(8)7(9)4-5;1-6-2-4-7(8)5-3-6;1-5-2-6(8)4-7(9)3-5;1-6-3-2-4-7(8)5-6/h2-3,8,12H,4-7H2,1H3;5-8H,1-4H3;2-5H,6H2,1H3,(H,10,11);4-6H,1-3H3;2-5H,1H3;2-5H,1H3,(H3,9,10,11);2-4H,1H3,(H,10,11);3-6,9H,1-2H3;2-5H,1H3;2-4H,1H3;2-5H,1H3;2-4,8-9H,1H3;2-5,8H,1H3. The van der Waals surface area contributed by atoms with E-state index in [9.17, 15) is 56.2 Å². The molecular weight excluding hydrogens is 1900 g/mol. The zero-order chi connectivity index (χ0) is 103. The SMILES string of the molecule is Cc1cc(C(=O)O)cc([N+](=O)[O-])c1.Cc1cc(O)cc(O)c1.Cc1ccc(Br)cc1.Cc1ccc(C(C)(C)C)cc1.Cc1ccc(C(F)(F)F)cc1.Cc1ccc(C)c(C)c1.Cc1ccc(Cl)c(Cl)c1.Cc1ccc(Cl)cc1.Cc1ccc(N2CCNCC2)c([N+](=O)[O-])c1.Cc1ccc(OCC(=O)O)cc1.Cc1cccc(NC(N)=O)c1.Cc1cccc(NS(C)(=O)=O)c1.Cc1cccc(O)c1. The third-order valence-electron chi connectivity index (χ3n) is 18.4. The Bertz CT molecular complexity index is 5750. The van der Waals surface area contributed by atoms with Crippen LogP contribution in [0, 0.1) is 124 Å². The fourth-order valence-corrected chi connectivity index (χ4v) is 12.5. The summed E-state index contributed by atoms with van der Waals surface area (Å²) >= 11 is 20.3. The predicted octanol–water partition coefficient (Wildman–Crippen LogP) is 28.0. The Labute approximate surface area is 826 Å². The topological polar surface area (TPSA) is 347 Å². The monoisotopic (exact) mass is 2020 g/mol. The molecule has 10 N–H and O–H groups in total. The molecule has 732 valence electrons. The van der Waals surface area contributed by atoms with Crippen molar-refractivity contribution >= 4 is 107 Å². The number of benzene rings is 13. The number of rotatable bonds is 10. The van der Waals surface area contributed by atoms with E-state index < -0.39 is 44.7 Å². The third kappa shape index (κ3) is 55.4. The van der Waals surface area contributed by atoms with Crippen molar-refractivity contribution in [3.63, 3.8) is 0 Å². The number of hydrogen-bond acceptors (Lipinski definition) is 15. The summed E-state index contributed by atoms with van der Waals surface area (Å²) in [5.74, 6) is -0.990. The molecule has 13 aromatic rings. The summed E-state index contributed by atoms with van der Waals surface area (Å²) in [6.45, 7) is 39.2. The molecule has 1 saturated heterocycles. The number of carbonyl (C=O) groups excluding carboxylic acids is 1. The van der Waals surface area contributed by atoms with Crippen LogP contribution in [0.25, 0.3) is 0 Å². The third-order valence-corrected chi connectivity index (χ3v) is 20.5. The molecule has 0 spiro atoms. The number of nitrogens with two attached hydrogens (primary N) is 1. The highest BCUT2D eigenvalue weighted by Crippen LogP contribution is 2.32. The van der Waals surface area contributed by atoms with Gasteiger partial charge in [0.1, 0.15) is 28.7 Å². The zero-order valence-corrected chi connectivity index (χ0v) is 85.1. The first-order valence-electron chi connectivity index (χ1n) is 42.6. The number of carboxylic acids is 2. The van der Waals surface area contributed by atoms with E-state index in [4.69, 9.17) is 70.8 Å². The van der Waals surface area contributed by atoms with Gasteiger partial charge >= 0.3 is 24.1 Å². The van der Waals surface area contributed by atoms with Crippen molar-refractivity contribution in [3.8, 4) is 23.0 Å². The van der Waals surface area contributed by atoms with Crippen LogP contribution < -0.4 is 30.7 Å². The molecule has 22 nitrogen and oxygen atoms in total. The number of nitro groups is 2. The number of halogens is 7. The number of carbonyl (C=O) groups is 3. The first-order chi connectivity index (χ1) is 64.0. The van der Waals surface area contributed by atoms with Crippen LogP contribution in [0.1, 0.15) is 126 Å². The van der Waals surface area contributed by atoms with E-state index in [1.165, 1.54) is 69.3 Å². The van der Waals surface area contributed by atoms with E-state index in [0.29, 0.717) is 32.8 Å². The van der Waals surface area contributed by atoms with Gasteiger partial charge in [0.15, 0.2) is 6.61 Å². The number of phenols is 3. The molecule has 13 aromatic carbocycles. The summed E-state index contributed by atoms with van der Waals surface area (Å²) < 4.78 is 65.8. The lowest BCUT2D eigenvalue weighted by Crippen LogP contribution is -2.43. The molecule has 1 fully saturated rings. The molecule has 1 aliphatic heterocycles. The Morgan fingerprint density at radius 1 is 0.467 bits per heavy atom. The summed E-state index contributed by atoms with van der Waals surface area (Å²) in [4.78, 5) is 53.5. The Morgan fingerprint density at radius 2 is 0.883 bits per heavy atom. The molecule has 1 aliphatic rings. The minimum absolute atomic E-state index is 0.0632. The van der Waals surface area contributed by atoms with Gasteiger partial charge in [-0.05, 0) is 286 Å². The maximum atomic E-state index is 11.9. The van der Waals surface area contributed by atoms with Crippen LogP contribution in [0.3, 0.4) is 0 Å². The highest BCUT2D eigenvalue weighted by Gasteiger charge is 2.30. The zero-order valence-electron chi connectivity index (χ0n) is 80.5. The predicted molar refractivity (Wildman–Crippen MR) is 556 cm³/mol. The average Bonchev–Trinajstić information content (AvgIpc) is 0.820. The minimum Gasteiger partial charge on any atom is -0.508 e. The second kappa shape index (κ2) is 61.7. The lowest BCUT2D eigenvalue weighted by molar-refractivity contribution is -0.385. The maximum absolute atomic E-state index is 11.9. The lowest BCUT2D eigenvalue weighted by Gasteiger charge is -2.29. The number of aryl methyl sites for hydroxylation is 15. The van der Waals surface area contributed by atoms with Gasteiger partial charge < -0.3 is 51.5 Å². The number of carboxylic acid groups (broad SMARTS) is 2. The van der Waals surface area contributed by atoms with Crippen LogP contribution >= 0.6 is 50.7 Å². The summed E-state index contributed by atoms with van der Waals surface area (Å²) in [6.07, 6.45) is -3.08. The maximum Gasteiger partial charge on any atom is 0.416 e. The number of nitro benzene ring substituents is 2. The van der Waals surface area contributed by atoms with Gasteiger partial charge in [-0.15, -0.1) is 0 Å². The van der Waals surface area contributed by atoms with E-state index in [1.54, 1.807) is 87.5 Å². The Kier molecular flexibility index (Phi) is 53.9. The number of sulfonamides is 1. The van der Waals surface area contributed by atoms with Gasteiger partial charge in [0.2, 0.25) is 10.0 Å². The van der Waals surface area contributed by atoms with Gasteiger partial charge in [-0.2, -0.15) is 13.2 Å². The number of nitrogens with one attached hydrogen (secondary N) is 3. The van der Waals surface area contributed by atoms with Gasteiger partial charge in [-0.25, -0.2) is 22.8 Å². The van der Waals surface area contributed by atoms with E-state index in [-0.39, 0.29) is 45.4 Å². The molecule has 0 radical (unpaired) electrons. The fourth-order valence-electron chi connectivity index (χ4n) is 11.2. The second-order valence-corrected chi connectivity index (χ2v) is 36.6. The average molecular weight is 2020 g/mol. The van der Waals surface area contributed by atoms with Crippen LogP contribution in [0.5, 0.6) is 23.0 Å². The summed E-state index contributed by atoms with van der Waals surface area (Å²) in [5, 5.41) is 72.5. The molecule has 1 heterocycles. The number of primary amides is 1. The van der Waals surface area contributed by atoms with Crippen LogP contribution in [-0.4, -0.2) is 101 Å². The molecule has 0 aliphatic carbocycles. The van der Waals surface area contributed by atoms with Crippen molar-refractivity contribution in [2.24, 2.45) is 5.73 Å². The van der Waals surface area contributed by atoms with Gasteiger partial charge in [-0.1, -0.05) is 244 Å². The quantitative estimate of drug-likeness (QED) is 0.0454. The summed E-state index contributed by atoms with van der Waals surface area (Å²) in [5.41, 5.74) is 24.7. The minimum atomic E-state index is -4.21. The fraction of sp³-hybridized carbons (Fsp3) is 0.243. The van der Waals surface area contributed by atoms with Crippen molar-refractivity contribution in [3.05, 3.63) is 425 Å². The Morgan fingerprint density at radius 3 is 1.28 bits per heavy atom. The largest absolute Gasteiger partial charge is 0.508 e. The van der Waals surface area contributed by atoms with E-state index >= 15 is 0 Å². The highest BCUT2D eigenvalue weighted by molar-refractivity contribution is 9.10. The normalized spacial score (nSPS) is 10.7. The molecule has 30 heteroatoms. The van der Waals surface area contributed by atoms with Crippen LogP contribution in [0.2, 0.25) is 15.1 Å².